The van der Waals surface area contributed by atoms with Crippen molar-refractivity contribution in [2.75, 3.05) is 44.2 Å². The van der Waals surface area contributed by atoms with Crippen LogP contribution in [0.1, 0.15) is 33.7 Å². The molecule has 0 spiro atoms. The minimum Gasteiger partial charge on any atom is -0.368 e. The zero-order chi connectivity index (χ0) is 18.6. The molecule has 0 N–H and O–H groups in total. The van der Waals surface area contributed by atoms with E-state index >= 15 is 0 Å². The molecular formula is C21H24N4O2. The van der Waals surface area contributed by atoms with Crippen LogP contribution in [0.15, 0.2) is 48.7 Å². The van der Waals surface area contributed by atoms with Gasteiger partial charge in [-0.2, -0.15) is 0 Å². The second-order valence-corrected chi connectivity index (χ2v) is 7.04. The molecule has 0 aliphatic carbocycles. The zero-order valence-electron chi connectivity index (χ0n) is 15.4. The van der Waals surface area contributed by atoms with Gasteiger partial charge in [-0.15, -0.1) is 0 Å². The van der Waals surface area contributed by atoms with Gasteiger partial charge < -0.3 is 14.7 Å². The maximum absolute atomic E-state index is 12.9. The van der Waals surface area contributed by atoms with Gasteiger partial charge in [0, 0.05) is 56.7 Å². The van der Waals surface area contributed by atoms with Crippen LogP contribution in [0.5, 0.6) is 0 Å². The first-order valence-electron chi connectivity index (χ1n) is 9.57. The first-order chi connectivity index (χ1) is 13.2. The number of carbonyl (C=O) groups excluding carboxylic acids is 2. The lowest BCUT2D eigenvalue weighted by molar-refractivity contribution is 0.0741. The second-order valence-electron chi connectivity index (χ2n) is 7.04. The number of carbonyl (C=O) groups is 2. The van der Waals surface area contributed by atoms with E-state index < -0.39 is 0 Å². The van der Waals surface area contributed by atoms with E-state index in [0.29, 0.717) is 24.3 Å². The molecule has 0 unspecified atom stereocenters. The van der Waals surface area contributed by atoms with Gasteiger partial charge in [0.2, 0.25) is 0 Å². The lowest BCUT2D eigenvalue weighted by Gasteiger charge is -2.36. The molecule has 3 heterocycles. The summed E-state index contributed by atoms with van der Waals surface area (Å²) in [5.41, 5.74) is 2.09. The van der Waals surface area contributed by atoms with E-state index in [-0.39, 0.29) is 11.8 Å². The Morgan fingerprint density at radius 3 is 2.15 bits per heavy atom. The number of piperazine rings is 1. The highest BCUT2D eigenvalue weighted by atomic mass is 16.2. The Balaban J connectivity index is 1.41. The molecule has 1 aromatic heterocycles. The van der Waals surface area contributed by atoms with Crippen LogP contribution in [0.3, 0.4) is 0 Å². The molecule has 2 saturated heterocycles. The van der Waals surface area contributed by atoms with Crippen molar-refractivity contribution in [2.24, 2.45) is 0 Å². The van der Waals surface area contributed by atoms with Crippen molar-refractivity contribution in [3.63, 3.8) is 0 Å². The highest BCUT2D eigenvalue weighted by Gasteiger charge is 2.25. The highest BCUT2D eigenvalue weighted by Crippen LogP contribution is 2.17. The summed E-state index contributed by atoms with van der Waals surface area (Å²) in [5, 5.41) is 0. The molecule has 2 amide bonds. The van der Waals surface area contributed by atoms with Crippen LogP contribution < -0.4 is 4.90 Å². The summed E-state index contributed by atoms with van der Waals surface area (Å²) in [7, 11) is 0. The number of benzene rings is 1. The quantitative estimate of drug-likeness (QED) is 0.838. The fourth-order valence-electron chi connectivity index (χ4n) is 3.75. The van der Waals surface area contributed by atoms with Crippen LogP contribution in [-0.4, -0.2) is 65.9 Å². The molecule has 6 heteroatoms. The molecule has 0 bridgehead atoms. The van der Waals surface area contributed by atoms with Gasteiger partial charge >= 0.3 is 0 Å². The van der Waals surface area contributed by atoms with Crippen LogP contribution in [0, 0.1) is 0 Å². The van der Waals surface area contributed by atoms with Crippen molar-refractivity contribution in [3.05, 3.63) is 59.9 Å². The minimum absolute atomic E-state index is 0.00199. The number of para-hydroxylation sites is 1. The van der Waals surface area contributed by atoms with Gasteiger partial charge in [-0.25, -0.2) is 0 Å². The number of aromatic nitrogens is 1. The van der Waals surface area contributed by atoms with Crippen LogP contribution >= 0.6 is 0 Å². The Kier molecular flexibility index (Phi) is 5.05. The van der Waals surface area contributed by atoms with E-state index in [9.17, 15) is 9.59 Å². The number of anilines is 1. The average Bonchev–Trinajstić information content (AvgIpc) is 3.28. The van der Waals surface area contributed by atoms with Crippen LogP contribution in [0.4, 0.5) is 5.69 Å². The number of likely N-dealkylation sites (tertiary alicyclic amines) is 1. The summed E-state index contributed by atoms with van der Waals surface area (Å²) in [4.78, 5) is 35.6. The Morgan fingerprint density at radius 2 is 1.44 bits per heavy atom. The van der Waals surface area contributed by atoms with Gasteiger partial charge in [0.25, 0.3) is 11.8 Å². The van der Waals surface area contributed by atoms with Crippen molar-refractivity contribution in [1.82, 2.24) is 14.8 Å². The Bertz CT molecular complexity index is 810. The lowest BCUT2D eigenvalue weighted by atomic mass is 10.1. The third-order valence-electron chi connectivity index (χ3n) is 5.31. The summed E-state index contributed by atoms with van der Waals surface area (Å²) >= 11 is 0. The molecule has 0 radical (unpaired) electrons. The number of hydrogen-bond donors (Lipinski definition) is 0. The largest absolute Gasteiger partial charge is 0.368 e. The molecule has 140 valence electrons. The first-order valence-corrected chi connectivity index (χ1v) is 9.57. The van der Waals surface area contributed by atoms with Gasteiger partial charge in [-0.3, -0.25) is 14.6 Å². The summed E-state index contributed by atoms with van der Waals surface area (Å²) in [5.74, 6) is -0.100. The number of hydrogen-bond acceptors (Lipinski definition) is 4. The fourth-order valence-corrected chi connectivity index (χ4v) is 3.75. The molecule has 27 heavy (non-hydrogen) atoms. The van der Waals surface area contributed by atoms with E-state index in [0.717, 1.165) is 39.0 Å². The summed E-state index contributed by atoms with van der Waals surface area (Å²) in [6, 6.07) is 13.6. The van der Waals surface area contributed by atoms with Crippen molar-refractivity contribution in [1.29, 1.82) is 0 Å². The fraction of sp³-hybridized carbons (Fsp3) is 0.381. The number of amides is 2. The Hall–Kier alpha value is -2.89. The van der Waals surface area contributed by atoms with E-state index in [1.54, 1.807) is 18.3 Å². The molecule has 2 aliphatic heterocycles. The number of nitrogens with zero attached hydrogens (tertiary/aromatic N) is 4. The molecule has 6 nitrogen and oxygen atoms in total. The van der Waals surface area contributed by atoms with Crippen LogP contribution in [-0.2, 0) is 0 Å². The SMILES string of the molecule is O=C(c1ccnc(C(=O)N2CCN(c3ccccc3)CC2)c1)N1CCCC1. The summed E-state index contributed by atoms with van der Waals surface area (Å²) in [6.45, 7) is 4.49. The molecule has 1 aromatic carbocycles. The smallest absolute Gasteiger partial charge is 0.272 e. The van der Waals surface area contributed by atoms with Gasteiger partial charge in [0.15, 0.2) is 0 Å². The molecule has 2 aromatic rings. The van der Waals surface area contributed by atoms with Gasteiger partial charge in [-0.1, -0.05) is 18.2 Å². The molecule has 4 rings (SSSR count). The predicted octanol–water partition coefficient (Wildman–Crippen LogP) is 2.28. The Labute approximate surface area is 159 Å². The van der Waals surface area contributed by atoms with Crippen LogP contribution in [0.2, 0.25) is 0 Å². The van der Waals surface area contributed by atoms with E-state index in [1.165, 1.54) is 5.69 Å². The first kappa shape index (κ1) is 17.5. The average molecular weight is 364 g/mol. The van der Waals surface area contributed by atoms with E-state index in [1.807, 2.05) is 28.0 Å². The minimum atomic E-state index is -0.0983. The maximum atomic E-state index is 12.9. The second kappa shape index (κ2) is 7.78. The van der Waals surface area contributed by atoms with Crippen molar-refractivity contribution >= 4 is 17.5 Å². The number of rotatable bonds is 3. The molecular weight excluding hydrogens is 340 g/mol. The van der Waals surface area contributed by atoms with Crippen molar-refractivity contribution in [2.45, 2.75) is 12.8 Å². The monoisotopic (exact) mass is 364 g/mol. The summed E-state index contributed by atoms with van der Waals surface area (Å²) < 4.78 is 0. The number of pyridine rings is 1. The lowest BCUT2D eigenvalue weighted by Crippen LogP contribution is -2.49. The molecule has 2 aliphatic rings. The van der Waals surface area contributed by atoms with Crippen molar-refractivity contribution in [3.8, 4) is 0 Å². The van der Waals surface area contributed by atoms with Gasteiger partial charge in [-0.05, 0) is 37.1 Å². The van der Waals surface area contributed by atoms with Gasteiger partial charge in [0.1, 0.15) is 5.69 Å². The standard InChI is InChI=1S/C21H24N4O2/c26-20(24-10-4-5-11-24)17-8-9-22-19(16-17)21(27)25-14-12-23(13-15-25)18-6-2-1-3-7-18/h1-3,6-9,16H,4-5,10-15H2. The molecule has 2 fully saturated rings. The van der Waals surface area contributed by atoms with Crippen molar-refractivity contribution < 1.29 is 9.59 Å². The topological polar surface area (TPSA) is 56.8 Å². The Morgan fingerprint density at radius 1 is 0.778 bits per heavy atom. The molecule has 0 atom stereocenters. The third-order valence-corrected chi connectivity index (χ3v) is 5.31. The maximum Gasteiger partial charge on any atom is 0.272 e. The van der Waals surface area contributed by atoms with E-state index in [2.05, 4.69) is 22.0 Å². The normalized spacial score (nSPS) is 17.3. The molecule has 0 saturated carbocycles. The summed E-state index contributed by atoms with van der Waals surface area (Å²) in [6.07, 6.45) is 3.67. The van der Waals surface area contributed by atoms with Gasteiger partial charge in [0.05, 0.1) is 0 Å². The zero-order valence-corrected chi connectivity index (χ0v) is 15.4. The third kappa shape index (κ3) is 3.79. The predicted molar refractivity (Wildman–Crippen MR) is 104 cm³/mol. The van der Waals surface area contributed by atoms with Crippen LogP contribution in [0.25, 0.3) is 0 Å². The van der Waals surface area contributed by atoms with E-state index in [4.69, 9.17) is 0 Å². The highest BCUT2D eigenvalue weighted by molar-refractivity contribution is 5.98.